The summed E-state index contributed by atoms with van der Waals surface area (Å²) in [5.74, 6) is 0.763. The molecular formula is C19H23N5O2. The van der Waals surface area contributed by atoms with Crippen LogP contribution < -0.4 is 11.0 Å². The third-order valence-electron chi connectivity index (χ3n) is 4.12. The summed E-state index contributed by atoms with van der Waals surface area (Å²) in [7, 11) is 0. The van der Waals surface area contributed by atoms with Gasteiger partial charge in [0.05, 0.1) is 17.6 Å². The van der Waals surface area contributed by atoms with Gasteiger partial charge in [0.25, 0.3) is 5.91 Å². The van der Waals surface area contributed by atoms with Crippen LogP contribution in [0.1, 0.15) is 42.8 Å². The Bertz CT molecular complexity index is 987. The molecule has 0 aliphatic heterocycles. The van der Waals surface area contributed by atoms with Gasteiger partial charge in [-0.2, -0.15) is 4.98 Å². The monoisotopic (exact) mass is 353 g/mol. The maximum Gasteiger partial charge on any atom is 0.345 e. The van der Waals surface area contributed by atoms with E-state index in [9.17, 15) is 9.59 Å². The van der Waals surface area contributed by atoms with E-state index in [0.29, 0.717) is 18.0 Å². The number of nitrogens with one attached hydrogen (secondary N) is 2. The minimum Gasteiger partial charge on any atom is -0.343 e. The molecule has 7 heteroatoms. The SMILES string of the molecule is CCn1c(CNC(=O)c2cc(CC(C)C)[nH]c(=O)n2)nc2ccccc21. The zero-order valence-electron chi connectivity index (χ0n) is 15.2. The van der Waals surface area contributed by atoms with E-state index in [1.54, 1.807) is 6.07 Å². The Balaban J connectivity index is 1.79. The van der Waals surface area contributed by atoms with E-state index in [-0.39, 0.29) is 18.1 Å². The maximum atomic E-state index is 12.5. The highest BCUT2D eigenvalue weighted by atomic mass is 16.2. The summed E-state index contributed by atoms with van der Waals surface area (Å²) in [5, 5.41) is 2.82. The molecular weight excluding hydrogens is 330 g/mol. The molecule has 0 fully saturated rings. The number of imidazole rings is 1. The van der Waals surface area contributed by atoms with Gasteiger partial charge in [-0.05, 0) is 37.5 Å². The van der Waals surface area contributed by atoms with Gasteiger partial charge in [-0.3, -0.25) is 4.79 Å². The maximum absolute atomic E-state index is 12.5. The molecule has 0 atom stereocenters. The number of H-pyrrole nitrogens is 1. The summed E-state index contributed by atoms with van der Waals surface area (Å²) in [6, 6.07) is 9.50. The first kappa shape index (κ1) is 17.8. The van der Waals surface area contributed by atoms with Crippen LogP contribution in [0.5, 0.6) is 0 Å². The highest BCUT2D eigenvalue weighted by Crippen LogP contribution is 2.15. The molecule has 136 valence electrons. The predicted octanol–water partition coefficient (Wildman–Crippen LogP) is 2.27. The zero-order chi connectivity index (χ0) is 18.7. The lowest BCUT2D eigenvalue weighted by Crippen LogP contribution is -2.28. The van der Waals surface area contributed by atoms with Crippen LogP contribution in [0.15, 0.2) is 35.1 Å². The van der Waals surface area contributed by atoms with Crippen LogP contribution >= 0.6 is 0 Å². The van der Waals surface area contributed by atoms with E-state index in [1.807, 2.05) is 45.0 Å². The van der Waals surface area contributed by atoms with Crippen molar-refractivity contribution in [2.75, 3.05) is 0 Å². The third-order valence-corrected chi connectivity index (χ3v) is 4.12. The number of rotatable bonds is 6. The number of carbonyl (C=O) groups excluding carboxylic acids is 1. The smallest absolute Gasteiger partial charge is 0.343 e. The largest absolute Gasteiger partial charge is 0.345 e. The molecule has 0 unspecified atom stereocenters. The number of carbonyl (C=O) groups is 1. The first-order valence-electron chi connectivity index (χ1n) is 8.80. The van der Waals surface area contributed by atoms with E-state index in [0.717, 1.165) is 23.4 Å². The van der Waals surface area contributed by atoms with Crippen LogP contribution in [0.4, 0.5) is 0 Å². The topological polar surface area (TPSA) is 92.7 Å². The molecule has 7 nitrogen and oxygen atoms in total. The van der Waals surface area contributed by atoms with Gasteiger partial charge in [-0.25, -0.2) is 9.78 Å². The van der Waals surface area contributed by atoms with Gasteiger partial charge >= 0.3 is 5.69 Å². The number of aromatic amines is 1. The first-order valence-corrected chi connectivity index (χ1v) is 8.80. The molecule has 2 N–H and O–H groups in total. The fraction of sp³-hybridized carbons (Fsp3) is 0.368. The normalized spacial score (nSPS) is 11.2. The Morgan fingerprint density at radius 1 is 1.27 bits per heavy atom. The van der Waals surface area contributed by atoms with E-state index >= 15 is 0 Å². The molecule has 0 spiro atoms. The average molecular weight is 353 g/mol. The first-order chi connectivity index (χ1) is 12.5. The summed E-state index contributed by atoms with van der Waals surface area (Å²) in [6.07, 6.45) is 0.684. The van der Waals surface area contributed by atoms with Gasteiger partial charge in [0.15, 0.2) is 0 Å². The molecule has 26 heavy (non-hydrogen) atoms. The van der Waals surface area contributed by atoms with Crippen LogP contribution in [-0.4, -0.2) is 25.4 Å². The fourth-order valence-corrected chi connectivity index (χ4v) is 3.04. The lowest BCUT2D eigenvalue weighted by Gasteiger charge is -2.09. The van der Waals surface area contributed by atoms with Gasteiger partial charge < -0.3 is 14.9 Å². The molecule has 0 aliphatic carbocycles. The van der Waals surface area contributed by atoms with E-state index in [2.05, 4.69) is 24.8 Å². The number of aryl methyl sites for hydroxylation is 1. The summed E-state index contributed by atoms with van der Waals surface area (Å²) >= 11 is 0. The van der Waals surface area contributed by atoms with Crippen LogP contribution in [0.3, 0.4) is 0 Å². The Morgan fingerprint density at radius 2 is 2.04 bits per heavy atom. The summed E-state index contributed by atoms with van der Waals surface area (Å²) in [6.45, 7) is 7.17. The van der Waals surface area contributed by atoms with Crippen molar-refractivity contribution in [1.82, 2.24) is 24.8 Å². The minimum atomic E-state index is -0.505. The molecule has 3 aromatic rings. The minimum absolute atomic E-state index is 0.128. The number of hydrogen-bond acceptors (Lipinski definition) is 4. The van der Waals surface area contributed by atoms with Gasteiger partial charge in [0.2, 0.25) is 0 Å². The van der Waals surface area contributed by atoms with Crippen molar-refractivity contribution < 1.29 is 4.79 Å². The summed E-state index contributed by atoms with van der Waals surface area (Å²) in [4.78, 5) is 35.2. The summed E-state index contributed by atoms with van der Waals surface area (Å²) in [5.41, 5.74) is 2.27. The lowest BCUT2D eigenvalue weighted by atomic mass is 10.1. The molecule has 3 rings (SSSR count). The Kier molecular flexibility index (Phi) is 5.16. The Labute approximate surface area is 151 Å². The summed E-state index contributed by atoms with van der Waals surface area (Å²) < 4.78 is 2.06. The van der Waals surface area contributed by atoms with Crippen molar-refractivity contribution in [2.24, 2.45) is 5.92 Å². The standard InChI is InChI=1S/C19H23N5O2/c1-4-24-16-8-6-5-7-14(16)22-17(24)11-20-18(25)15-10-13(9-12(2)3)21-19(26)23-15/h5-8,10,12H,4,9,11H2,1-3H3,(H,20,25)(H,21,23,26). The fourth-order valence-electron chi connectivity index (χ4n) is 3.04. The Hall–Kier alpha value is -2.96. The second-order valence-corrected chi connectivity index (χ2v) is 6.64. The number of nitrogens with zero attached hydrogens (tertiary/aromatic N) is 3. The molecule has 2 heterocycles. The van der Waals surface area contributed by atoms with Crippen molar-refractivity contribution in [3.05, 3.63) is 58.0 Å². The predicted molar refractivity (Wildman–Crippen MR) is 100.0 cm³/mol. The Morgan fingerprint density at radius 3 is 2.77 bits per heavy atom. The van der Waals surface area contributed by atoms with Crippen molar-refractivity contribution >= 4 is 16.9 Å². The zero-order valence-corrected chi connectivity index (χ0v) is 15.2. The van der Waals surface area contributed by atoms with Gasteiger partial charge in [-0.1, -0.05) is 26.0 Å². The van der Waals surface area contributed by atoms with Gasteiger partial charge in [0, 0.05) is 12.2 Å². The van der Waals surface area contributed by atoms with Gasteiger partial charge in [-0.15, -0.1) is 0 Å². The number of amides is 1. The average Bonchev–Trinajstić information content (AvgIpc) is 2.96. The van der Waals surface area contributed by atoms with E-state index in [1.165, 1.54) is 0 Å². The molecule has 0 aliphatic rings. The second kappa shape index (κ2) is 7.51. The number of hydrogen-bond donors (Lipinski definition) is 2. The van der Waals surface area contributed by atoms with Crippen molar-refractivity contribution in [3.8, 4) is 0 Å². The molecule has 1 amide bonds. The van der Waals surface area contributed by atoms with E-state index in [4.69, 9.17) is 0 Å². The van der Waals surface area contributed by atoms with Gasteiger partial charge in [0.1, 0.15) is 11.5 Å². The van der Waals surface area contributed by atoms with Crippen LogP contribution in [0, 0.1) is 5.92 Å². The third kappa shape index (κ3) is 3.82. The molecule has 0 radical (unpaired) electrons. The number of para-hydroxylation sites is 2. The van der Waals surface area contributed by atoms with Crippen molar-refractivity contribution in [2.45, 2.75) is 40.3 Å². The highest BCUT2D eigenvalue weighted by molar-refractivity contribution is 5.92. The molecule has 0 bridgehead atoms. The number of aromatic nitrogens is 4. The highest BCUT2D eigenvalue weighted by Gasteiger charge is 2.14. The second-order valence-electron chi connectivity index (χ2n) is 6.64. The van der Waals surface area contributed by atoms with E-state index < -0.39 is 5.69 Å². The number of fused-ring (bicyclic) bond motifs is 1. The van der Waals surface area contributed by atoms with Crippen molar-refractivity contribution in [3.63, 3.8) is 0 Å². The quantitative estimate of drug-likeness (QED) is 0.711. The molecule has 1 aromatic carbocycles. The molecule has 0 saturated carbocycles. The lowest BCUT2D eigenvalue weighted by molar-refractivity contribution is 0.0944. The van der Waals surface area contributed by atoms with Crippen molar-refractivity contribution in [1.29, 1.82) is 0 Å². The van der Waals surface area contributed by atoms with Crippen LogP contribution in [0.2, 0.25) is 0 Å². The van der Waals surface area contributed by atoms with Crippen LogP contribution in [0.25, 0.3) is 11.0 Å². The van der Waals surface area contributed by atoms with Crippen LogP contribution in [-0.2, 0) is 19.5 Å². The number of benzene rings is 1. The molecule has 2 aromatic heterocycles. The molecule has 0 saturated heterocycles.